The molecular weight excluding hydrogens is 549 g/mol. The van der Waals surface area contributed by atoms with E-state index in [0.717, 1.165) is 35.5 Å². The lowest BCUT2D eigenvalue weighted by Gasteiger charge is -2.38. The second-order valence-electron chi connectivity index (χ2n) is 12.5. The molecule has 0 radical (unpaired) electrons. The van der Waals surface area contributed by atoms with Crippen molar-refractivity contribution >= 4 is 36.4 Å². The number of nitrogens with one attached hydrogen (secondary N) is 1. The number of aromatic nitrogens is 3. The van der Waals surface area contributed by atoms with Crippen LogP contribution in [0.2, 0.25) is 16.6 Å². The molecule has 43 heavy (non-hydrogen) atoms. The molecule has 0 fully saturated rings. The molecule has 0 saturated heterocycles. The molecule has 7 nitrogen and oxygen atoms in total. The van der Waals surface area contributed by atoms with E-state index in [2.05, 4.69) is 106 Å². The third kappa shape index (κ3) is 7.01. The first-order valence-corrected chi connectivity index (χ1v) is 17.4. The largest absolute Gasteiger partial charge is 0.373 e. The van der Waals surface area contributed by atoms with Crippen LogP contribution in [-0.2, 0) is 0 Å². The molecule has 2 aromatic heterocycles. The van der Waals surface area contributed by atoms with Gasteiger partial charge in [-0.15, -0.1) is 5.54 Å². The highest BCUT2D eigenvalue weighted by atomic mass is 28.3. The summed E-state index contributed by atoms with van der Waals surface area (Å²) >= 11 is 0. The fraction of sp³-hybridized carbons (Fsp3) is 0.400. The summed E-state index contributed by atoms with van der Waals surface area (Å²) in [5, 5.41) is 4.10. The van der Waals surface area contributed by atoms with Gasteiger partial charge in [0.05, 0.1) is 11.1 Å². The SMILES string of the molecule is CC(C)[Si](C#Cc1cc(=O)n(-c2ccccc2)c2nc(Nc3ccc(N(C)CCN(C)C)cc3)ncc12)(C(C)C)C(C)C. The number of likely N-dealkylation sites (N-methyl/N-ethyl adjacent to an activating group) is 2. The van der Waals surface area contributed by atoms with Gasteiger partial charge in [-0.1, -0.05) is 65.7 Å². The first-order valence-electron chi connectivity index (χ1n) is 15.2. The summed E-state index contributed by atoms with van der Waals surface area (Å²) in [6, 6.07) is 19.5. The van der Waals surface area contributed by atoms with Gasteiger partial charge in [0.25, 0.3) is 5.56 Å². The van der Waals surface area contributed by atoms with Gasteiger partial charge >= 0.3 is 0 Å². The Kier molecular flexibility index (Phi) is 10.1. The van der Waals surface area contributed by atoms with Crippen molar-refractivity contribution in [1.82, 2.24) is 19.4 Å². The molecule has 8 heteroatoms. The lowest BCUT2D eigenvalue weighted by atomic mass is 10.2. The minimum atomic E-state index is -2.01. The summed E-state index contributed by atoms with van der Waals surface area (Å²) in [6.07, 6.45) is 1.79. The fourth-order valence-electron chi connectivity index (χ4n) is 6.11. The Morgan fingerprint density at radius 1 is 0.884 bits per heavy atom. The number of fused-ring (bicyclic) bond motifs is 1. The van der Waals surface area contributed by atoms with Crippen LogP contribution in [0.4, 0.5) is 17.3 Å². The van der Waals surface area contributed by atoms with E-state index in [4.69, 9.17) is 4.98 Å². The van der Waals surface area contributed by atoms with Crippen LogP contribution in [0.15, 0.2) is 71.7 Å². The topological polar surface area (TPSA) is 66.3 Å². The van der Waals surface area contributed by atoms with E-state index < -0.39 is 8.07 Å². The fourth-order valence-corrected chi connectivity index (χ4v) is 11.3. The summed E-state index contributed by atoms with van der Waals surface area (Å²) in [7, 11) is 4.24. The van der Waals surface area contributed by atoms with Gasteiger partial charge in [-0.3, -0.25) is 9.36 Å². The van der Waals surface area contributed by atoms with Crippen molar-refractivity contribution in [2.45, 2.75) is 58.2 Å². The molecular formula is C35H46N6OSi. The van der Waals surface area contributed by atoms with E-state index in [1.807, 2.05) is 42.5 Å². The summed E-state index contributed by atoms with van der Waals surface area (Å²) in [5.74, 6) is 3.91. The van der Waals surface area contributed by atoms with Crippen molar-refractivity contribution in [3.8, 4) is 17.2 Å². The van der Waals surface area contributed by atoms with Crippen molar-refractivity contribution in [1.29, 1.82) is 0 Å². The third-order valence-corrected chi connectivity index (χ3v) is 14.8. The lowest BCUT2D eigenvalue weighted by molar-refractivity contribution is 0.416. The Morgan fingerprint density at radius 3 is 2.09 bits per heavy atom. The summed E-state index contributed by atoms with van der Waals surface area (Å²) in [4.78, 5) is 27.6. The standard InChI is InChI=1S/C35H46N6OSi/c1-25(2)43(26(3)4,27(5)6)22-19-28-23-33(42)41(31-13-11-10-12-14-31)34-32(28)24-36-35(38-34)37-29-15-17-30(18-16-29)40(9)21-20-39(7)8/h10-18,23-27H,20-21H2,1-9H3,(H,36,37,38). The zero-order valence-electron chi connectivity index (χ0n) is 27.1. The van der Waals surface area contributed by atoms with Gasteiger partial charge in [-0.2, -0.15) is 4.98 Å². The molecule has 0 saturated carbocycles. The van der Waals surface area contributed by atoms with Crippen LogP contribution >= 0.6 is 0 Å². The van der Waals surface area contributed by atoms with Crippen molar-refractivity contribution in [2.24, 2.45) is 0 Å². The number of rotatable bonds is 10. The number of pyridine rings is 1. The molecule has 0 bridgehead atoms. The zero-order chi connectivity index (χ0) is 31.3. The Hall–Kier alpha value is -3.93. The maximum atomic E-state index is 13.7. The number of nitrogens with zero attached hydrogens (tertiary/aromatic N) is 5. The van der Waals surface area contributed by atoms with Gasteiger partial charge < -0.3 is 15.1 Å². The van der Waals surface area contributed by atoms with Crippen LogP contribution in [-0.4, -0.2) is 61.7 Å². The lowest BCUT2D eigenvalue weighted by Crippen LogP contribution is -2.43. The number of benzene rings is 2. The van der Waals surface area contributed by atoms with Crippen molar-refractivity contribution < 1.29 is 0 Å². The van der Waals surface area contributed by atoms with Crippen LogP contribution in [0.3, 0.4) is 0 Å². The first-order chi connectivity index (χ1) is 20.4. The molecule has 2 heterocycles. The van der Waals surface area contributed by atoms with E-state index in [1.54, 1.807) is 16.8 Å². The Balaban J connectivity index is 1.79. The molecule has 226 valence electrons. The quantitative estimate of drug-likeness (QED) is 0.156. The molecule has 1 N–H and O–H groups in total. The molecule has 0 aliphatic carbocycles. The van der Waals surface area contributed by atoms with Gasteiger partial charge in [-0.05, 0) is 67.1 Å². The van der Waals surface area contributed by atoms with Crippen LogP contribution in [0, 0.1) is 11.5 Å². The minimum Gasteiger partial charge on any atom is -0.373 e. The number of hydrogen-bond acceptors (Lipinski definition) is 6. The second kappa shape index (κ2) is 13.6. The predicted octanol–water partition coefficient (Wildman–Crippen LogP) is 7.09. The smallest absolute Gasteiger partial charge is 0.258 e. The summed E-state index contributed by atoms with van der Waals surface area (Å²) in [5.41, 5.74) is 9.05. The van der Waals surface area contributed by atoms with Crippen molar-refractivity contribution in [3.63, 3.8) is 0 Å². The Bertz CT molecular complexity index is 1630. The average molecular weight is 595 g/mol. The van der Waals surface area contributed by atoms with Gasteiger partial charge in [-0.25, -0.2) is 4.98 Å². The second-order valence-corrected chi connectivity index (χ2v) is 18.1. The average Bonchev–Trinajstić information content (AvgIpc) is 2.96. The molecule has 0 unspecified atom stereocenters. The van der Waals surface area contributed by atoms with Gasteiger partial charge in [0, 0.05) is 49.3 Å². The Labute approximate surface area is 258 Å². The van der Waals surface area contributed by atoms with E-state index in [0.29, 0.717) is 33.8 Å². The molecule has 0 aliphatic rings. The molecule has 4 aromatic rings. The first kappa shape index (κ1) is 32.0. The maximum Gasteiger partial charge on any atom is 0.258 e. The number of hydrogen-bond donors (Lipinski definition) is 1. The van der Waals surface area contributed by atoms with E-state index in [9.17, 15) is 4.79 Å². The van der Waals surface area contributed by atoms with Crippen LogP contribution < -0.4 is 15.8 Å². The molecule has 2 aromatic carbocycles. The van der Waals surface area contributed by atoms with Gasteiger partial charge in [0.1, 0.15) is 8.07 Å². The van der Waals surface area contributed by atoms with Crippen molar-refractivity contribution in [2.75, 3.05) is 44.4 Å². The zero-order valence-corrected chi connectivity index (χ0v) is 28.1. The van der Waals surface area contributed by atoms with Crippen molar-refractivity contribution in [3.05, 3.63) is 82.8 Å². The van der Waals surface area contributed by atoms with Gasteiger partial charge in [0.15, 0.2) is 5.65 Å². The van der Waals surface area contributed by atoms with Crippen LogP contribution in [0.25, 0.3) is 16.7 Å². The highest BCUT2D eigenvalue weighted by Gasteiger charge is 2.41. The summed E-state index contributed by atoms with van der Waals surface area (Å²) < 4.78 is 1.65. The van der Waals surface area contributed by atoms with E-state index >= 15 is 0 Å². The molecule has 0 amide bonds. The van der Waals surface area contributed by atoms with E-state index in [1.165, 1.54) is 0 Å². The molecule has 0 spiro atoms. The van der Waals surface area contributed by atoms with E-state index in [-0.39, 0.29) is 5.56 Å². The highest BCUT2D eigenvalue weighted by molar-refractivity contribution is 6.90. The van der Waals surface area contributed by atoms with Gasteiger partial charge in [0.2, 0.25) is 5.95 Å². The van der Waals surface area contributed by atoms with Crippen LogP contribution in [0.1, 0.15) is 47.1 Å². The highest BCUT2D eigenvalue weighted by Crippen LogP contribution is 2.41. The van der Waals surface area contributed by atoms with Crippen LogP contribution in [0.5, 0.6) is 0 Å². The summed E-state index contributed by atoms with van der Waals surface area (Å²) in [6.45, 7) is 15.7. The molecule has 0 atom stereocenters. The third-order valence-electron chi connectivity index (χ3n) is 8.50. The monoisotopic (exact) mass is 594 g/mol. The molecule has 0 aliphatic heterocycles. The molecule has 4 rings (SSSR count). The Morgan fingerprint density at radius 2 is 1.51 bits per heavy atom. The predicted molar refractivity (Wildman–Crippen MR) is 185 cm³/mol. The minimum absolute atomic E-state index is 0.163. The maximum absolute atomic E-state index is 13.7. The normalized spacial score (nSPS) is 11.8. The number of para-hydroxylation sites is 1. The number of anilines is 3.